The van der Waals surface area contributed by atoms with E-state index in [9.17, 15) is 0 Å². The number of nitrogens with zero attached hydrogens (tertiary/aromatic N) is 4. The molecule has 1 saturated heterocycles. The van der Waals surface area contributed by atoms with Crippen molar-refractivity contribution in [3.8, 4) is 0 Å². The van der Waals surface area contributed by atoms with Crippen LogP contribution >= 0.6 is 0 Å². The van der Waals surface area contributed by atoms with Crippen molar-refractivity contribution in [2.24, 2.45) is 12.0 Å². The minimum absolute atomic E-state index is 0.232. The van der Waals surface area contributed by atoms with Gasteiger partial charge in [0.05, 0.1) is 25.5 Å². The number of aliphatic imine (C=N–C) groups is 1. The van der Waals surface area contributed by atoms with Crippen LogP contribution in [0.2, 0.25) is 0 Å². The van der Waals surface area contributed by atoms with E-state index in [1.54, 1.807) is 0 Å². The fourth-order valence-corrected chi connectivity index (χ4v) is 5.17. The fourth-order valence-electron chi connectivity index (χ4n) is 5.17. The minimum atomic E-state index is 0.232. The molecular formula is C23H42N6O. The molecule has 7 nitrogen and oxygen atoms in total. The van der Waals surface area contributed by atoms with Crippen molar-refractivity contribution in [2.75, 3.05) is 39.4 Å². The summed E-state index contributed by atoms with van der Waals surface area (Å²) in [6.07, 6.45) is 8.47. The van der Waals surface area contributed by atoms with Crippen LogP contribution in [0.3, 0.4) is 0 Å². The first kappa shape index (κ1) is 23.1. The normalized spacial score (nSPS) is 20.3. The molecule has 0 unspecified atom stereocenters. The van der Waals surface area contributed by atoms with E-state index in [2.05, 4.69) is 36.3 Å². The molecule has 0 amide bonds. The van der Waals surface area contributed by atoms with Crippen LogP contribution in [0.15, 0.2) is 4.99 Å². The molecule has 2 fully saturated rings. The molecule has 0 aromatic carbocycles. The Labute approximate surface area is 182 Å². The zero-order valence-electron chi connectivity index (χ0n) is 19.6. The number of hydrogen-bond donors (Lipinski definition) is 2. The molecule has 30 heavy (non-hydrogen) atoms. The molecule has 2 heterocycles. The lowest BCUT2D eigenvalue weighted by atomic mass is 9.80. The van der Waals surface area contributed by atoms with E-state index in [1.165, 1.54) is 49.1 Å². The lowest BCUT2D eigenvalue weighted by Crippen LogP contribution is -2.60. The van der Waals surface area contributed by atoms with Gasteiger partial charge in [0.1, 0.15) is 0 Å². The average molecular weight is 419 g/mol. The molecule has 0 atom stereocenters. The van der Waals surface area contributed by atoms with E-state index >= 15 is 0 Å². The van der Waals surface area contributed by atoms with E-state index in [0.29, 0.717) is 6.54 Å². The Morgan fingerprint density at radius 1 is 1.07 bits per heavy atom. The number of aromatic nitrogens is 2. The highest BCUT2D eigenvalue weighted by molar-refractivity contribution is 5.79. The van der Waals surface area contributed by atoms with Crippen molar-refractivity contribution in [2.45, 2.75) is 77.8 Å². The maximum Gasteiger partial charge on any atom is 0.191 e. The maximum absolute atomic E-state index is 5.63. The zero-order chi connectivity index (χ0) is 21.4. The molecule has 1 aliphatic carbocycles. The van der Waals surface area contributed by atoms with Gasteiger partial charge in [0.25, 0.3) is 0 Å². The van der Waals surface area contributed by atoms with Crippen LogP contribution in [-0.2, 0) is 31.2 Å². The Bertz CT molecular complexity index is 686. The second-order valence-corrected chi connectivity index (χ2v) is 8.64. The molecule has 0 bridgehead atoms. The lowest BCUT2D eigenvalue weighted by molar-refractivity contribution is -0.0352. The number of guanidine groups is 1. The summed E-state index contributed by atoms with van der Waals surface area (Å²) in [5, 5.41) is 11.9. The van der Waals surface area contributed by atoms with Crippen LogP contribution in [0.25, 0.3) is 0 Å². The molecule has 3 rings (SSSR count). The molecule has 1 aromatic rings. The van der Waals surface area contributed by atoms with Crippen molar-refractivity contribution in [3.63, 3.8) is 0 Å². The summed E-state index contributed by atoms with van der Waals surface area (Å²) in [4.78, 5) is 7.65. The number of morpholine rings is 1. The summed E-state index contributed by atoms with van der Waals surface area (Å²) in [6, 6.07) is 0. The van der Waals surface area contributed by atoms with Gasteiger partial charge in [0.15, 0.2) is 5.96 Å². The maximum atomic E-state index is 5.63. The van der Waals surface area contributed by atoms with Gasteiger partial charge in [-0.1, -0.05) is 33.1 Å². The van der Waals surface area contributed by atoms with Gasteiger partial charge in [-0.3, -0.25) is 9.58 Å². The third kappa shape index (κ3) is 5.35. The predicted molar refractivity (Wildman–Crippen MR) is 123 cm³/mol. The molecule has 0 spiro atoms. The monoisotopic (exact) mass is 418 g/mol. The van der Waals surface area contributed by atoms with Gasteiger partial charge >= 0.3 is 0 Å². The van der Waals surface area contributed by atoms with Crippen molar-refractivity contribution >= 4 is 5.96 Å². The van der Waals surface area contributed by atoms with Crippen molar-refractivity contribution < 1.29 is 4.74 Å². The van der Waals surface area contributed by atoms with Gasteiger partial charge in [-0.05, 0) is 32.6 Å². The zero-order valence-corrected chi connectivity index (χ0v) is 19.6. The van der Waals surface area contributed by atoms with Gasteiger partial charge in [0.2, 0.25) is 0 Å². The molecule has 7 heteroatoms. The second-order valence-electron chi connectivity index (χ2n) is 8.64. The average Bonchev–Trinajstić information content (AvgIpc) is 3.11. The summed E-state index contributed by atoms with van der Waals surface area (Å²) in [7, 11) is 2.05. The first-order valence-corrected chi connectivity index (χ1v) is 12.0. The van der Waals surface area contributed by atoms with Gasteiger partial charge in [-0.25, -0.2) is 4.99 Å². The van der Waals surface area contributed by atoms with Crippen LogP contribution in [-0.4, -0.2) is 65.6 Å². The molecule has 0 radical (unpaired) electrons. The molecular weight excluding hydrogens is 376 g/mol. The first-order valence-electron chi connectivity index (χ1n) is 12.0. The topological polar surface area (TPSA) is 66.7 Å². The Balaban J connectivity index is 1.72. The van der Waals surface area contributed by atoms with Crippen LogP contribution in [0, 0.1) is 0 Å². The van der Waals surface area contributed by atoms with E-state index in [0.717, 1.165) is 58.2 Å². The van der Waals surface area contributed by atoms with E-state index in [4.69, 9.17) is 14.8 Å². The lowest BCUT2D eigenvalue weighted by Gasteiger charge is -2.48. The number of rotatable bonds is 8. The molecule has 1 saturated carbocycles. The molecule has 1 aromatic heterocycles. The quantitative estimate of drug-likeness (QED) is 0.502. The highest BCUT2D eigenvalue weighted by Crippen LogP contribution is 2.33. The van der Waals surface area contributed by atoms with Gasteiger partial charge < -0.3 is 15.4 Å². The molecule has 1 aliphatic heterocycles. The first-order chi connectivity index (χ1) is 14.6. The minimum Gasteiger partial charge on any atom is -0.379 e. The summed E-state index contributed by atoms with van der Waals surface area (Å²) in [5.74, 6) is 0.920. The van der Waals surface area contributed by atoms with E-state index in [-0.39, 0.29) is 5.54 Å². The van der Waals surface area contributed by atoms with E-state index < -0.39 is 0 Å². The summed E-state index contributed by atoms with van der Waals surface area (Å²) in [6.45, 7) is 12.8. The Hall–Kier alpha value is -1.60. The van der Waals surface area contributed by atoms with Crippen LogP contribution in [0.1, 0.15) is 69.8 Å². The molecule has 2 aliphatic rings. The van der Waals surface area contributed by atoms with Gasteiger partial charge in [0, 0.05) is 50.0 Å². The highest BCUT2D eigenvalue weighted by atomic mass is 16.5. The second kappa shape index (κ2) is 11.1. The number of nitrogens with one attached hydrogen (secondary N) is 2. The number of aryl methyl sites for hydroxylation is 2. The SMILES string of the molecule is CCNC(=NCc1c(CC)nn(C)c1CC)NCC1(N2CCOCC2)CCCCC1. The van der Waals surface area contributed by atoms with Crippen molar-refractivity contribution in [3.05, 3.63) is 17.0 Å². The van der Waals surface area contributed by atoms with E-state index in [1.807, 2.05) is 11.7 Å². The molecule has 2 N–H and O–H groups in total. The van der Waals surface area contributed by atoms with Crippen LogP contribution in [0.5, 0.6) is 0 Å². The van der Waals surface area contributed by atoms with Gasteiger partial charge in [-0.2, -0.15) is 5.10 Å². The number of hydrogen-bond acceptors (Lipinski definition) is 4. The van der Waals surface area contributed by atoms with Gasteiger partial charge in [-0.15, -0.1) is 0 Å². The summed E-state index contributed by atoms with van der Waals surface area (Å²) in [5.41, 5.74) is 3.99. The van der Waals surface area contributed by atoms with Crippen molar-refractivity contribution in [1.29, 1.82) is 0 Å². The Morgan fingerprint density at radius 2 is 1.80 bits per heavy atom. The van der Waals surface area contributed by atoms with Crippen molar-refractivity contribution in [1.82, 2.24) is 25.3 Å². The summed E-state index contributed by atoms with van der Waals surface area (Å²) >= 11 is 0. The fraction of sp³-hybridized carbons (Fsp3) is 0.826. The van der Waals surface area contributed by atoms with Crippen LogP contribution < -0.4 is 10.6 Å². The largest absolute Gasteiger partial charge is 0.379 e. The molecule has 170 valence electrons. The summed E-state index contributed by atoms with van der Waals surface area (Å²) < 4.78 is 7.65. The third-order valence-electron chi connectivity index (χ3n) is 6.82. The Morgan fingerprint density at radius 3 is 2.43 bits per heavy atom. The van der Waals surface area contributed by atoms with Crippen LogP contribution in [0.4, 0.5) is 0 Å². The third-order valence-corrected chi connectivity index (χ3v) is 6.82. The number of ether oxygens (including phenoxy) is 1. The standard InChI is InChI=1S/C23H42N6O/c1-5-20-19(21(6-2)28(4)27-20)17-25-22(24-7-3)26-18-23(11-9-8-10-12-23)29-13-15-30-16-14-29/h5-18H2,1-4H3,(H2,24,25,26). The smallest absolute Gasteiger partial charge is 0.191 e. The predicted octanol–water partition coefficient (Wildman–Crippen LogP) is 2.64. The Kier molecular flexibility index (Phi) is 8.57. The highest BCUT2D eigenvalue weighted by Gasteiger charge is 2.38.